The summed E-state index contributed by atoms with van der Waals surface area (Å²) in [6.07, 6.45) is -0.169. The number of halogens is 4. The number of rotatable bonds is 6. The van der Waals surface area contributed by atoms with Crippen LogP contribution >= 0.6 is 50.7 Å². The molecule has 0 saturated carbocycles. The van der Waals surface area contributed by atoms with E-state index in [2.05, 4.69) is 26.7 Å². The second-order valence-corrected chi connectivity index (χ2v) is 8.86. The highest BCUT2D eigenvalue weighted by atomic mass is 79.9. The Morgan fingerprint density at radius 2 is 1.84 bits per heavy atom. The van der Waals surface area contributed by atoms with Gasteiger partial charge >= 0.3 is 5.97 Å². The number of amides is 3. The van der Waals surface area contributed by atoms with Crippen molar-refractivity contribution >= 4 is 80.1 Å². The summed E-state index contributed by atoms with van der Waals surface area (Å²) in [4.78, 5) is 48.9. The first-order valence-electron chi connectivity index (χ1n) is 9.12. The number of nitrogens with one attached hydrogen (secondary N) is 2. The molecule has 2 N–H and O–H groups in total. The number of hydrazine groups is 1. The standard InChI is InChI=1S/C20H15BrCl3N3O5/c21-14-4-2-12(7-16(14)24)25-17(28)9-32-20(31)10-5-18(29)27(8-10)26-19(30)13-3-1-11(22)6-15(13)23/h1-4,6-7,10H,5,8-9H2,(H,25,28)(H,26,30)/t10-/m1/s1. The topological polar surface area (TPSA) is 105 Å². The van der Waals surface area contributed by atoms with Gasteiger partial charge in [-0.2, -0.15) is 0 Å². The fourth-order valence-electron chi connectivity index (χ4n) is 2.86. The van der Waals surface area contributed by atoms with Crippen LogP contribution in [0.15, 0.2) is 40.9 Å². The molecule has 2 aromatic carbocycles. The predicted molar refractivity (Wildman–Crippen MR) is 122 cm³/mol. The van der Waals surface area contributed by atoms with Crippen LogP contribution in [0.3, 0.4) is 0 Å². The Balaban J connectivity index is 1.50. The Morgan fingerprint density at radius 3 is 2.53 bits per heavy atom. The molecule has 0 aromatic heterocycles. The number of ether oxygens (including phenoxy) is 1. The SMILES string of the molecule is O=C(COC(=O)[C@@H]1CC(=O)N(NC(=O)c2ccc(Cl)cc2Cl)C1)Nc1ccc(Br)c(Cl)c1. The minimum atomic E-state index is -0.835. The van der Waals surface area contributed by atoms with Crippen LogP contribution in [0.25, 0.3) is 0 Å². The van der Waals surface area contributed by atoms with E-state index in [1.807, 2.05) is 0 Å². The van der Waals surface area contributed by atoms with Crippen LogP contribution in [0.5, 0.6) is 0 Å². The molecular weight excluding hydrogens is 548 g/mol. The summed E-state index contributed by atoms with van der Waals surface area (Å²) in [6.45, 7) is -0.636. The van der Waals surface area contributed by atoms with E-state index in [0.29, 0.717) is 20.2 Å². The summed E-state index contributed by atoms with van der Waals surface area (Å²) in [7, 11) is 0. The molecule has 0 aliphatic carbocycles. The van der Waals surface area contributed by atoms with E-state index in [1.54, 1.807) is 12.1 Å². The first-order chi connectivity index (χ1) is 15.1. The molecule has 1 saturated heterocycles. The van der Waals surface area contributed by atoms with E-state index in [0.717, 1.165) is 5.01 Å². The van der Waals surface area contributed by atoms with Gasteiger partial charge in [0, 0.05) is 21.6 Å². The zero-order valence-corrected chi connectivity index (χ0v) is 20.0. The van der Waals surface area contributed by atoms with Crippen molar-refractivity contribution in [3.05, 3.63) is 61.5 Å². The second-order valence-electron chi connectivity index (χ2n) is 6.76. The maximum Gasteiger partial charge on any atom is 0.311 e. The van der Waals surface area contributed by atoms with E-state index in [4.69, 9.17) is 39.5 Å². The van der Waals surface area contributed by atoms with Gasteiger partial charge in [0.15, 0.2) is 6.61 Å². The Bertz CT molecular complexity index is 1100. The quantitative estimate of drug-likeness (QED) is 0.516. The largest absolute Gasteiger partial charge is 0.455 e. The Hall–Kier alpha value is -2.33. The van der Waals surface area contributed by atoms with Crippen LogP contribution in [0.1, 0.15) is 16.8 Å². The number of benzene rings is 2. The average molecular weight is 564 g/mol. The summed E-state index contributed by atoms with van der Waals surface area (Å²) in [5.74, 6) is -3.23. The molecule has 0 bridgehead atoms. The van der Waals surface area contributed by atoms with Gasteiger partial charge in [0.25, 0.3) is 11.8 Å². The van der Waals surface area contributed by atoms with Crippen LogP contribution in [-0.4, -0.2) is 41.9 Å². The van der Waals surface area contributed by atoms with E-state index in [1.165, 1.54) is 24.3 Å². The third-order valence-electron chi connectivity index (χ3n) is 4.42. The lowest BCUT2D eigenvalue weighted by molar-refractivity contribution is -0.151. The van der Waals surface area contributed by atoms with Crippen LogP contribution in [-0.2, 0) is 19.1 Å². The van der Waals surface area contributed by atoms with E-state index in [-0.39, 0.29) is 23.6 Å². The second kappa shape index (κ2) is 10.5. The summed E-state index contributed by atoms with van der Waals surface area (Å²) < 4.78 is 5.68. The molecule has 1 aliphatic heterocycles. The van der Waals surface area contributed by atoms with Gasteiger partial charge in [0.1, 0.15) is 0 Å². The molecule has 1 heterocycles. The molecule has 1 fully saturated rings. The molecule has 0 spiro atoms. The highest BCUT2D eigenvalue weighted by Gasteiger charge is 2.37. The summed E-state index contributed by atoms with van der Waals surface area (Å²) in [6, 6.07) is 9.13. The zero-order valence-electron chi connectivity index (χ0n) is 16.2. The maximum atomic E-state index is 12.4. The first kappa shape index (κ1) is 24.3. The normalized spacial score (nSPS) is 15.4. The number of nitrogens with zero attached hydrogens (tertiary/aromatic N) is 1. The van der Waals surface area contributed by atoms with Crippen molar-refractivity contribution in [3.8, 4) is 0 Å². The van der Waals surface area contributed by atoms with Crippen molar-refractivity contribution in [1.82, 2.24) is 10.4 Å². The lowest BCUT2D eigenvalue weighted by Gasteiger charge is -2.18. The number of esters is 1. The first-order valence-corrected chi connectivity index (χ1v) is 11.0. The molecule has 8 nitrogen and oxygen atoms in total. The minimum absolute atomic E-state index is 0.0987. The van der Waals surface area contributed by atoms with E-state index >= 15 is 0 Å². The number of hydrogen-bond donors (Lipinski definition) is 2. The Labute approximate surface area is 206 Å². The van der Waals surface area contributed by atoms with E-state index in [9.17, 15) is 19.2 Å². The van der Waals surface area contributed by atoms with Crippen LogP contribution in [0, 0.1) is 5.92 Å². The van der Waals surface area contributed by atoms with Crippen LogP contribution in [0.4, 0.5) is 5.69 Å². The Kier molecular flexibility index (Phi) is 8.00. The summed E-state index contributed by atoms with van der Waals surface area (Å²) in [5.41, 5.74) is 2.97. The van der Waals surface area contributed by atoms with Crippen molar-refractivity contribution < 1.29 is 23.9 Å². The molecule has 12 heteroatoms. The van der Waals surface area contributed by atoms with Crippen molar-refractivity contribution in [2.75, 3.05) is 18.5 Å². The number of anilines is 1. The van der Waals surface area contributed by atoms with Crippen molar-refractivity contribution in [3.63, 3.8) is 0 Å². The van der Waals surface area contributed by atoms with Crippen molar-refractivity contribution in [2.45, 2.75) is 6.42 Å². The molecule has 3 amide bonds. The average Bonchev–Trinajstić information content (AvgIpc) is 3.09. The fraction of sp³-hybridized carbons (Fsp3) is 0.200. The monoisotopic (exact) mass is 561 g/mol. The highest BCUT2D eigenvalue weighted by molar-refractivity contribution is 9.10. The number of carbonyl (C=O) groups excluding carboxylic acids is 4. The molecule has 3 rings (SSSR count). The van der Waals surface area contributed by atoms with Gasteiger partial charge in [-0.05, 0) is 52.3 Å². The van der Waals surface area contributed by atoms with Gasteiger partial charge in [-0.1, -0.05) is 34.8 Å². The van der Waals surface area contributed by atoms with Gasteiger partial charge in [0.05, 0.1) is 28.1 Å². The van der Waals surface area contributed by atoms with Crippen LogP contribution < -0.4 is 10.7 Å². The minimum Gasteiger partial charge on any atom is -0.455 e. The Morgan fingerprint density at radius 1 is 1.09 bits per heavy atom. The van der Waals surface area contributed by atoms with Gasteiger partial charge in [-0.25, -0.2) is 0 Å². The third-order valence-corrected chi connectivity index (χ3v) is 6.20. The fourth-order valence-corrected chi connectivity index (χ4v) is 3.78. The molecule has 32 heavy (non-hydrogen) atoms. The number of hydrogen-bond acceptors (Lipinski definition) is 5. The molecular formula is C20H15BrCl3N3O5. The lowest BCUT2D eigenvalue weighted by atomic mass is 10.1. The molecule has 0 unspecified atom stereocenters. The van der Waals surface area contributed by atoms with E-state index < -0.39 is 36.2 Å². The smallest absolute Gasteiger partial charge is 0.311 e. The van der Waals surface area contributed by atoms with Crippen LogP contribution in [0.2, 0.25) is 15.1 Å². The molecule has 0 radical (unpaired) electrons. The predicted octanol–water partition coefficient (Wildman–Crippen LogP) is 4.08. The van der Waals surface area contributed by atoms with Gasteiger partial charge in [0.2, 0.25) is 5.91 Å². The number of carbonyl (C=O) groups is 4. The molecule has 1 aliphatic rings. The molecule has 1 atom stereocenters. The zero-order chi connectivity index (χ0) is 23.4. The highest BCUT2D eigenvalue weighted by Crippen LogP contribution is 2.26. The van der Waals surface area contributed by atoms with Gasteiger partial charge in [-0.15, -0.1) is 0 Å². The third kappa shape index (κ3) is 6.13. The van der Waals surface area contributed by atoms with Crippen molar-refractivity contribution in [1.29, 1.82) is 0 Å². The summed E-state index contributed by atoms with van der Waals surface area (Å²) >= 11 is 21.0. The molecule has 2 aromatic rings. The van der Waals surface area contributed by atoms with Gasteiger partial charge in [-0.3, -0.25) is 29.6 Å². The molecule has 168 valence electrons. The van der Waals surface area contributed by atoms with Gasteiger partial charge < -0.3 is 10.1 Å². The lowest BCUT2D eigenvalue weighted by Crippen LogP contribution is -2.43. The van der Waals surface area contributed by atoms with Crippen molar-refractivity contribution in [2.24, 2.45) is 5.92 Å². The summed E-state index contributed by atoms with van der Waals surface area (Å²) in [5, 5.41) is 4.46. The maximum absolute atomic E-state index is 12.4.